The van der Waals surface area contributed by atoms with Crippen LogP contribution in [0.3, 0.4) is 0 Å². The third kappa shape index (κ3) is 2.42. The van der Waals surface area contributed by atoms with Crippen molar-refractivity contribution in [3.63, 3.8) is 0 Å². The van der Waals surface area contributed by atoms with E-state index in [1.807, 2.05) is 18.2 Å². The minimum absolute atomic E-state index is 0.204. The van der Waals surface area contributed by atoms with Gasteiger partial charge in [0.05, 0.1) is 11.8 Å². The zero-order valence-electron chi connectivity index (χ0n) is 12.7. The van der Waals surface area contributed by atoms with Crippen LogP contribution >= 0.6 is 11.5 Å². The maximum absolute atomic E-state index is 12.7. The summed E-state index contributed by atoms with van der Waals surface area (Å²) < 4.78 is 10.7. The topological polar surface area (TPSA) is 42.4 Å². The second-order valence-electron chi connectivity index (χ2n) is 6.42. The summed E-state index contributed by atoms with van der Waals surface area (Å²) in [5.74, 6) is 2.27. The Balaban J connectivity index is 1.55. The van der Waals surface area contributed by atoms with Crippen molar-refractivity contribution in [1.82, 2.24) is 9.27 Å². The molecule has 2 aromatic rings. The Morgan fingerprint density at radius 1 is 1.41 bits per heavy atom. The first-order valence-corrected chi connectivity index (χ1v) is 8.71. The Morgan fingerprint density at radius 2 is 2.23 bits per heavy atom. The van der Waals surface area contributed by atoms with E-state index in [1.54, 1.807) is 7.11 Å². The average molecular weight is 316 g/mol. The number of aromatic nitrogens is 1. The molecule has 3 fully saturated rings. The number of carbonyl (C=O) groups is 1. The Kier molecular flexibility index (Phi) is 3.62. The van der Waals surface area contributed by atoms with Crippen molar-refractivity contribution in [1.29, 1.82) is 0 Å². The first-order chi connectivity index (χ1) is 10.7. The number of carbonyl (C=O) groups excluding carboxylic acids is 1. The van der Waals surface area contributed by atoms with Crippen LogP contribution in [-0.4, -0.2) is 41.8 Å². The van der Waals surface area contributed by atoms with E-state index < -0.39 is 0 Å². The number of piperidine rings is 3. The van der Waals surface area contributed by atoms with Gasteiger partial charge in [0, 0.05) is 18.4 Å². The van der Waals surface area contributed by atoms with E-state index in [2.05, 4.69) is 9.27 Å². The number of benzene rings is 1. The summed E-state index contributed by atoms with van der Waals surface area (Å²) in [4.78, 5) is 15.2. The number of rotatable bonds is 4. The van der Waals surface area contributed by atoms with E-state index in [0.717, 1.165) is 28.3 Å². The van der Waals surface area contributed by atoms with Gasteiger partial charge in [-0.15, -0.1) is 0 Å². The number of hydrogen-bond acceptors (Lipinski definition) is 5. The number of nitrogens with zero attached hydrogens (tertiary/aromatic N) is 2. The molecule has 0 amide bonds. The standard InChI is InChI=1S/C17H20N2O2S/c1-21-13-2-3-14-16(9-13)22-18-17(14)15(20)8-12-10-19-6-4-11(12)5-7-19/h2-3,9,11-12H,4-8,10H2,1H3/t12-/m0/s1. The highest BCUT2D eigenvalue weighted by Gasteiger charge is 2.35. The molecule has 3 aliphatic heterocycles. The summed E-state index contributed by atoms with van der Waals surface area (Å²) in [5, 5.41) is 0.970. The van der Waals surface area contributed by atoms with E-state index in [9.17, 15) is 4.79 Å². The molecule has 0 N–H and O–H groups in total. The molecule has 3 saturated heterocycles. The van der Waals surface area contributed by atoms with Gasteiger partial charge in [0.15, 0.2) is 5.78 Å². The van der Waals surface area contributed by atoms with Crippen molar-refractivity contribution in [2.24, 2.45) is 11.8 Å². The lowest BCUT2D eigenvalue weighted by atomic mass is 9.76. The van der Waals surface area contributed by atoms with Crippen LogP contribution in [0, 0.1) is 11.8 Å². The van der Waals surface area contributed by atoms with Gasteiger partial charge in [-0.3, -0.25) is 4.79 Å². The highest BCUT2D eigenvalue weighted by molar-refractivity contribution is 7.13. The van der Waals surface area contributed by atoms with Crippen molar-refractivity contribution in [3.05, 3.63) is 23.9 Å². The summed E-state index contributed by atoms with van der Waals surface area (Å²) in [6.45, 7) is 3.52. The van der Waals surface area contributed by atoms with Gasteiger partial charge in [0.25, 0.3) is 0 Å². The molecule has 1 aromatic carbocycles. The van der Waals surface area contributed by atoms with Gasteiger partial charge in [0.1, 0.15) is 11.4 Å². The number of ketones is 1. The summed E-state index contributed by atoms with van der Waals surface area (Å²) in [7, 11) is 1.65. The minimum atomic E-state index is 0.204. The van der Waals surface area contributed by atoms with Gasteiger partial charge >= 0.3 is 0 Å². The number of methoxy groups -OCH3 is 1. The molecule has 116 valence electrons. The fourth-order valence-electron chi connectivity index (χ4n) is 3.90. The van der Waals surface area contributed by atoms with Gasteiger partial charge in [-0.1, -0.05) is 0 Å². The molecule has 3 aliphatic rings. The van der Waals surface area contributed by atoms with Crippen LogP contribution in [0.15, 0.2) is 18.2 Å². The van der Waals surface area contributed by atoms with Crippen LogP contribution < -0.4 is 4.74 Å². The SMILES string of the molecule is COc1ccc2c(C(=O)C[C@H]3CN4CCC3CC4)nsc2c1. The van der Waals surface area contributed by atoms with Crippen LogP contribution in [0.25, 0.3) is 10.1 Å². The molecule has 2 bridgehead atoms. The fourth-order valence-corrected chi connectivity index (χ4v) is 4.72. The second-order valence-corrected chi connectivity index (χ2v) is 7.22. The van der Waals surface area contributed by atoms with Crippen molar-refractivity contribution < 1.29 is 9.53 Å². The largest absolute Gasteiger partial charge is 0.497 e. The van der Waals surface area contributed by atoms with E-state index in [4.69, 9.17) is 4.74 Å². The normalized spacial score (nSPS) is 27.2. The maximum atomic E-state index is 12.7. The second kappa shape index (κ2) is 5.63. The molecular weight excluding hydrogens is 296 g/mol. The molecule has 0 saturated carbocycles. The first-order valence-electron chi connectivity index (χ1n) is 7.93. The maximum Gasteiger partial charge on any atom is 0.183 e. The molecule has 4 heterocycles. The quantitative estimate of drug-likeness (QED) is 0.812. The van der Waals surface area contributed by atoms with Crippen molar-refractivity contribution in [2.75, 3.05) is 26.7 Å². The summed E-state index contributed by atoms with van der Waals surface area (Å²) in [6.07, 6.45) is 3.16. The van der Waals surface area contributed by atoms with Crippen LogP contribution in [0.1, 0.15) is 29.8 Å². The Hall–Kier alpha value is -1.46. The third-order valence-corrected chi connectivity index (χ3v) is 5.99. The lowest BCUT2D eigenvalue weighted by Gasteiger charge is -2.44. The highest BCUT2D eigenvalue weighted by atomic mass is 32.1. The molecule has 4 nitrogen and oxygen atoms in total. The molecule has 0 unspecified atom stereocenters. The average Bonchev–Trinajstić information content (AvgIpc) is 2.99. The van der Waals surface area contributed by atoms with Crippen LogP contribution in [0.4, 0.5) is 0 Å². The highest BCUT2D eigenvalue weighted by Crippen LogP contribution is 2.36. The van der Waals surface area contributed by atoms with Crippen LogP contribution in [0.2, 0.25) is 0 Å². The smallest absolute Gasteiger partial charge is 0.183 e. The third-order valence-electron chi connectivity index (χ3n) is 5.18. The Bertz CT molecular complexity index is 704. The molecule has 0 spiro atoms. The molecule has 0 aliphatic carbocycles. The molecular formula is C17H20N2O2S. The lowest BCUT2D eigenvalue weighted by molar-refractivity contribution is 0.0440. The molecule has 22 heavy (non-hydrogen) atoms. The molecule has 1 atom stereocenters. The molecule has 1 aromatic heterocycles. The summed E-state index contributed by atoms with van der Waals surface area (Å²) >= 11 is 1.39. The number of fused-ring (bicyclic) bond motifs is 4. The monoisotopic (exact) mass is 316 g/mol. The Morgan fingerprint density at radius 3 is 2.91 bits per heavy atom. The number of ether oxygens (including phenoxy) is 1. The first kappa shape index (κ1) is 14.2. The number of hydrogen-bond donors (Lipinski definition) is 0. The van der Waals surface area contributed by atoms with Gasteiger partial charge in [0.2, 0.25) is 0 Å². The summed E-state index contributed by atoms with van der Waals surface area (Å²) in [5.41, 5.74) is 0.652. The van der Waals surface area contributed by atoms with Crippen LogP contribution in [0.5, 0.6) is 5.75 Å². The van der Waals surface area contributed by atoms with Gasteiger partial charge < -0.3 is 9.64 Å². The summed E-state index contributed by atoms with van der Waals surface area (Å²) in [6, 6.07) is 5.82. The Labute approximate surface area is 134 Å². The number of Topliss-reactive ketones (excluding diaryl/α,β-unsaturated/α-hetero) is 1. The van der Waals surface area contributed by atoms with Crippen molar-refractivity contribution in [3.8, 4) is 5.75 Å². The van der Waals surface area contributed by atoms with E-state index in [1.165, 1.54) is 37.5 Å². The van der Waals surface area contributed by atoms with Gasteiger partial charge in [-0.05, 0) is 67.5 Å². The molecule has 0 radical (unpaired) electrons. The zero-order chi connectivity index (χ0) is 15.1. The predicted octanol–water partition coefficient (Wildman–Crippen LogP) is 3.22. The van der Waals surface area contributed by atoms with E-state index >= 15 is 0 Å². The lowest BCUT2D eigenvalue weighted by Crippen LogP contribution is -2.47. The minimum Gasteiger partial charge on any atom is -0.497 e. The van der Waals surface area contributed by atoms with Crippen LogP contribution in [-0.2, 0) is 0 Å². The molecule has 5 heteroatoms. The molecule has 5 rings (SSSR count). The zero-order valence-corrected chi connectivity index (χ0v) is 13.6. The van der Waals surface area contributed by atoms with Crippen molar-refractivity contribution in [2.45, 2.75) is 19.3 Å². The predicted molar refractivity (Wildman–Crippen MR) is 87.8 cm³/mol. The van der Waals surface area contributed by atoms with Crippen molar-refractivity contribution >= 4 is 27.4 Å². The van der Waals surface area contributed by atoms with Gasteiger partial charge in [-0.2, -0.15) is 4.37 Å². The van der Waals surface area contributed by atoms with E-state index in [0.29, 0.717) is 18.0 Å². The fraction of sp³-hybridized carbons (Fsp3) is 0.529. The van der Waals surface area contributed by atoms with Gasteiger partial charge in [-0.25, -0.2) is 0 Å². The van der Waals surface area contributed by atoms with E-state index in [-0.39, 0.29) is 5.78 Å².